The molecule has 0 saturated heterocycles. The molecule has 0 rings (SSSR count). The number of thioether (sulfide) groups is 2. The highest BCUT2D eigenvalue weighted by Gasteiger charge is 2.08. The summed E-state index contributed by atoms with van der Waals surface area (Å²) in [7, 11) is -2.80. The molecule has 0 radical (unpaired) electrons. The van der Waals surface area contributed by atoms with Gasteiger partial charge < -0.3 is 0 Å². The Hall–Kier alpha value is 1.35. The van der Waals surface area contributed by atoms with E-state index in [1.165, 1.54) is 6.26 Å². The maximum absolute atomic E-state index is 10.9. The summed E-state index contributed by atoms with van der Waals surface area (Å²) < 4.78 is 21.7. The first-order valence-corrected chi connectivity index (χ1v) is 10.1. The minimum Gasteiger partial charge on any atom is -0.229 e. The minimum absolute atomic E-state index is 0.272. The molecule has 0 amide bonds. The molecule has 0 fully saturated rings. The van der Waals surface area contributed by atoms with Gasteiger partial charge in [-0.2, -0.15) is 48.8 Å². The molecule has 0 aliphatic rings. The number of sulfone groups is 1. The summed E-state index contributed by atoms with van der Waals surface area (Å²) in [5.41, 5.74) is 0. The van der Waals surface area contributed by atoms with E-state index in [2.05, 4.69) is 25.3 Å². The molecule has 0 aromatic rings. The van der Waals surface area contributed by atoms with Crippen molar-refractivity contribution in [3.63, 3.8) is 0 Å². The van der Waals surface area contributed by atoms with Gasteiger partial charge >= 0.3 is 0 Å². The number of rotatable bonds is 9. The van der Waals surface area contributed by atoms with Crippen molar-refractivity contribution in [1.82, 2.24) is 0 Å². The molecule has 0 aromatic heterocycles. The molecule has 0 N–H and O–H groups in total. The van der Waals surface area contributed by atoms with E-state index in [0.29, 0.717) is 11.0 Å². The van der Waals surface area contributed by atoms with Gasteiger partial charge in [0.15, 0.2) is 0 Å². The van der Waals surface area contributed by atoms with E-state index in [9.17, 15) is 8.42 Å². The first kappa shape index (κ1) is 16.4. The van der Waals surface area contributed by atoms with Crippen LogP contribution in [0.15, 0.2) is 0 Å². The number of thiol groups is 2. The Balaban J connectivity index is 3.54. The van der Waals surface area contributed by atoms with Crippen LogP contribution in [0.1, 0.15) is 0 Å². The van der Waals surface area contributed by atoms with Gasteiger partial charge in [-0.3, -0.25) is 0 Å². The molecule has 0 aliphatic carbocycles. The van der Waals surface area contributed by atoms with Gasteiger partial charge in [-0.15, -0.1) is 0 Å². The van der Waals surface area contributed by atoms with Crippen molar-refractivity contribution in [3.05, 3.63) is 0 Å². The summed E-state index contributed by atoms with van der Waals surface area (Å²) in [5, 5.41) is 0.505. The van der Waals surface area contributed by atoms with E-state index in [1.54, 1.807) is 11.8 Å². The summed E-state index contributed by atoms with van der Waals surface area (Å²) in [6.45, 7) is 0. The second-order valence-corrected chi connectivity index (χ2v) is 8.73. The van der Waals surface area contributed by atoms with Gasteiger partial charge in [0.05, 0.1) is 5.75 Å². The third-order valence-corrected chi connectivity index (χ3v) is 6.56. The van der Waals surface area contributed by atoms with Gasteiger partial charge in [0.1, 0.15) is 9.84 Å². The molecule has 0 saturated carbocycles. The lowest BCUT2D eigenvalue weighted by Gasteiger charge is -2.12. The van der Waals surface area contributed by atoms with E-state index in [0.717, 1.165) is 23.0 Å². The molecule has 0 aromatic carbocycles. The first-order chi connectivity index (χ1) is 6.99. The normalized spacial score (nSPS) is 14.1. The van der Waals surface area contributed by atoms with Gasteiger partial charge in [-0.05, 0) is 5.75 Å². The highest BCUT2D eigenvalue weighted by molar-refractivity contribution is 8.04. The lowest BCUT2D eigenvalue weighted by atomic mass is 10.5. The zero-order valence-electron chi connectivity index (χ0n) is 8.76. The molecular formula is C8H18O2S5. The summed E-state index contributed by atoms with van der Waals surface area (Å²) in [5.74, 6) is 4.67. The van der Waals surface area contributed by atoms with Crippen molar-refractivity contribution in [2.45, 2.75) is 5.25 Å². The zero-order chi connectivity index (χ0) is 11.7. The Morgan fingerprint density at radius 2 is 1.93 bits per heavy atom. The zero-order valence-corrected chi connectivity index (χ0v) is 13.0. The smallest absolute Gasteiger partial charge is 0.148 e. The van der Waals surface area contributed by atoms with Crippen molar-refractivity contribution in [1.29, 1.82) is 0 Å². The standard InChI is InChI=1S/C8H18O2S5/c1-15(9,10)5-4-13-7-8(6-12)14-3-2-11/h8,11-12H,2-7H2,1H3. The molecular weight excluding hydrogens is 288 g/mol. The fourth-order valence-electron chi connectivity index (χ4n) is 0.798. The topological polar surface area (TPSA) is 34.1 Å². The molecule has 1 atom stereocenters. The van der Waals surface area contributed by atoms with Crippen molar-refractivity contribution in [3.8, 4) is 0 Å². The van der Waals surface area contributed by atoms with Crippen LogP contribution >= 0.6 is 48.8 Å². The maximum atomic E-state index is 10.9. The molecule has 0 spiro atoms. The van der Waals surface area contributed by atoms with Crippen molar-refractivity contribution in [2.24, 2.45) is 0 Å². The minimum atomic E-state index is -2.80. The summed E-state index contributed by atoms with van der Waals surface area (Å²) in [6.07, 6.45) is 1.28. The van der Waals surface area contributed by atoms with Crippen LogP contribution in [0.25, 0.3) is 0 Å². The number of hydrogen-bond acceptors (Lipinski definition) is 6. The third-order valence-electron chi connectivity index (χ3n) is 1.55. The van der Waals surface area contributed by atoms with Gasteiger partial charge in [0, 0.05) is 34.5 Å². The molecule has 0 bridgehead atoms. The largest absolute Gasteiger partial charge is 0.229 e. The quantitative estimate of drug-likeness (QED) is 0.502. The fourth-order valence-corrected chi connectivity index (χ4v) is 5.18. The third kappa shape index (κ3) is 11.6. The van der Waals surface area contributed by atoms with Crippen LogP contribution in [-0.2, 0) is 9.84 Å². The molecule has 1 unspecified atom stereocenters. The Labute approximate surface area is 112 Å². The maximum Gasteiger partial charge on any atom is 0.148 e. The lowest BCUT2D eigenvalue weighted by molar-refractivity contribution is 0.603. The van der Waals surface area contributed by atoms with Gasteiger partial charge in [0.2, 0.25) is 0 Å². The highest BCUT2D eigenvalue weighted by Crippen LogP contribution is 2.18. The van der Waals surface area contributed by atoms with Crippen LogP contribution in [-0.4, -0.2) is 54.4 Å². The van der Waals surface area contributed by atoms with E-state index in [1.807, 2.05) is 11.8 Å². The predicted octanol–water partition coefficient (Wildman–Crippen LogP) is 1.73. The molecule has 0 heterocycles. The Bertz CT molecular complexity index is 239. The molecule has 2 nitrogen and oxygen atoms in total. The Morgan fingerprint density at radius 3 is 2.40 bits per heavy atom. The second kappa shape index (κ2) is 9.39. The Kier molecular flexibility index (Phi) is 10.2. The Morgan fingerprint density at radius 1 is 1.27 bits per heavy atom. The summed E-state index contributed by atoms with van der Waals surface area (Å²) >= 11 is 12.0. The van der Waals surface area contributed by atoms with E-state index in [4.69, 9.17) is 0 Å². The average molecular weight is 307 g/mol. The molecule has 15 heavy (non-hydrogen) atoms. The molecule has 7 heteroatoms. The van der Waals surface area contributed by atoms with Crippen LogP contribution in [0.4, 0.5) is 0 Å². The van der Waals surface area contributed by atoms with Gasteiger partial charge in [-0.1, -0.05) is 0 Å². The monoisotopic (exact) mass is 306 g/mol. The van der Waals surface area contributed by atoms with Gasteiger partial charge in [0.25, 0.3) is 0 Å². The van der Waals surface area contributed by atoms with Crippen LogP contribution in [0.2, 0.25) is 0 Å². The van der Waals surface area contributed by atoms with Crippen LogP contribution < -0.4 is 0 Å². The van der Waals surface area contributed by atoms with Crippen LogP contribution in [0.3, 0.4) is 0 Å². The molecule has 92 valence electrons. The molecule has 0 aliphatic heterocycles. The van der Waals surface area contributed by atoms with Crippen molar-refractivity contribution >= 4 is 58.6 Å². The first-order valence-electron chi connectivity index (χ1n) is 4.58. The van der Waals surface area contributed by atoms with E-state index >= 15 is 0 Å². The summed E-state index contributed by atoms with van der Waals surface area (Å²) in [6, 6.07) is 0. The van der Waals surface area contributed by atoms with Crippen molar-refractivity contribution < 1.29 is 8.42 Å². The lowest BCUT2D eigenvalue weighted by Crippen LogP contribution is -2.12. The fraction of sp³-hybridized carbons (Fsp3) is 1.00. The SMILES string of the molecule is CS(=O)(=O)CCSCC(CS)SCCS. The second-order valence-electron chi connectivity index (χ2n) is 3.10. The van der Waals surface area contributed by atoms with Crippen LogP contribution in [0, 0.1) is 0 Å². The van der Waals surface area contributed by atoms with E-state index in [-0.39, 0.29) is 5.75 Å². The highest BCUT2D eigenvalue weighted by atomic mass is 32.2. The predicted molar refractivity (Wildman–Crippen MR) is 81.0 cm³/mol. The number of hydrogen-bond donors (Lipinski definition) is 2. The van der Waals surface area contributed by atoms with E-state index < -0.39 is 9.84 Å². The van der Waals surface area contributed by atoms with Crippen LogP contribution in [0.5, 0.6) is 0 Å². The average Bonchev–Trinajstić information content (AvgIpc) is 2.15. The van der Waals surface area contributed by atoms with Crippen molar-refractivity contribution in [2.75, 3.05) is 40.8 Å². The summed E-state index contributed by atoms with van der Waals surface area (Å²) in [4.78, 5) is 0. The van der Waals surface area contributed by atoms with Gasteiger partial charge in [-0.25, -0.2) is 8.42 Å².